The first-order chi connectivity index (χ1) is 6.92. The van der Waals surface area contributed by atoms with Gasteiger partial charge in [-0.1, -0.05) is 20.8 Å². The van der Waals surface area contributed by atoms with Gasteiger partial charge in [0.05, 0.1) is 0 Å². The van der Waals surface area contributed by atoms with Crippen LogP contribution in [0.3, 0.4) is 0 Å². The van der Waals surface area contributed by atoms with Crippen molar-refractivity contribution >= 4 is 6.03 Å². The SMILES string of the molecule is CNC(=O)N1CCCC(CC(C)(C)C)C1. The summed E-state index contributed by atoms with van der Waals surface area (Å²) >= 11 is 0. The van der Waals surface area contributed by atoms with Crippen LogP contribution >= 0.6 is 0 Å². The van der Waals surface area contributed by atoms with E-state index in [0.717, 1.165) is 19.5 Å². The number of amides is 2. The summed E-state index contributed by atoms with van der Waals surface area (Å²) in [5.41, 5.74) is 0.371. The third-order valence-corrected chi connectivity index (χ3v) is 2.92. The van der Waals surface area contributed by atoms with Crippen molar-refractivity contribution in [2.45, 2.75) is 40.0 Å². The lowest BCUT2D eigenvalue weighted by Crippen LogP contribution is -2.44. The van der Waals surface area contributed by atoms with Crippen LogP contribution in [0.1, 0.15) is 40.0 Å². The van der Waals surface area contributed by atoms with Crippen molar-refractivity contribution in [1.82, 2.24) is 10.2 Å². The van der Waals surface area contributed by atoms with Crippen molar-refractivity contribution in [2.24, 2.45) is 11.3 Å². The van der Waals surface area contributed by atoms with Gasteiger partial charge in [-0.25, -0.2) is 4.79 Å². The number of hydrogen-bond acceptors (Lipinski definition) is 1. The number of nitrogens with one attached hydrogen (secondary N) is 1. The van der Waals surface area contributed by atoms with Crippen LogP contribution in [0.5, 0.6) is 0 Å². The predicted molar refractivity (Wildman–Crippen MR) is 62.8 cm³/mol. The molecule has 88 valence electrons. The lowest BCUT2D eigenvalue weighted by Gasteiger charge is -2.35. The Hall–Kier alpha value is -0.730. The summed E-state index contributed by atoms with van der Waals surface area (Å²) in [4.78, 5) is 13.4. The Labute approximate surface area is 93.2 Å². The number of piperidine rings is 1. The van der Waals surface area contributed by atoms with E-state index in [2.05, 4.69) is 26.1 Å². The van der Waals surface area contributed by atoms with E-state index < -0.39 is 0 Å². The Morgan fingerprint density at radius 2 is 2.13 bits per heavy atom. The molecule has 1 unspecified atom stereocenters. The second-order valence-electron chi connectivity index (χ2n) is 5.77. The second-order valence-corrected chi connectivity index (χ2v) is 5.77. The van der Waals surface area contributed by atoms with Crippen LogP contribution in [-0.2, 0) is 0 Å². The first kappa shape index (κ1) is 12.3. The number of urea groups is 1. The maximum atomic E-state index is 11.5. The van der Waals surface area contributed by atoms with Crippen molar-refractivity contribution in [3.05, 3.63) is 0 Å². The number of likely N-dealkylation sites (tertiary alicyclic amines) is 1. The minimum Gasteiger partial charge on any atom is -0.341 e. The topological polar surface area (TPSA) is 32.3 Å². The number of nitrogens with zero attached hydrogens (tertiary/aromatic N) is 1. The molecule has 0 aromatic rings. The highest BCUT2D eigenvalue weighted by Gasteiger charge is 2.26. The quantitative estimate of drug-likeness (QED) is 0.711. The molecule has 1 fully saturated rings. The molecule has 3 heteroatoms. The molecule has 1 rings (SSSR count). The maximum absolute atomic E-state index is 11.5. The van der Waals surface area contributed by atoms with E-state index in [1.54, 1.807) is 7.05 Å². The average Bonchev–Trinajstić information content (AvgIpc) is 2.14. The van der Waals surface area contributed by atoms with Gasteiger partial charge in [0.25, 0.3) is 0 Å². The monoisotopic (exact) mass is 212 g/mol. The van der Waals surface area contributed by atoms with Crippen LogP contribution in [0.15, 0.2) is 0 Å². The van der Waals surface area contributed by atoms with E-state index >= 15 is 0 Å². The van der Waals surface area contributed by atoms with Crippen LogP contribution in [0, 0.1) is 11.3 Å². The molecule has 15 heavy (non-hydrogen) atoms. The van der Waals surface area contributed by atoms with Gasteiger partial charge >= 0.3 is 6.03 Å². The first-order valence-corrected chi connectivity index (χ1v) is 5.89. The Bertz CT molecular complexity index is 220. The third-order valence-electron chi connectivity index (χ3n) is 2.92. The van der Waals surface area contributed by atoms with E-state index in [9.17, 15) is 4.79 Å². The second kappa shape index (κ2) is 4.86. The van der Waals surface area contributed by atoms with Gasteiger partial charge in [0.2, 0.25) is 0 Å². The minimum atomic E-state index is 0.0774. The summed E-state index contributed by atoms with van der Waals surface area (Å²) in [6, 6.07) is 0.0774. The molecule has 1 N–H and O–H groups in total. The molecule has 0 saturated carbocycles. The Morgan fingerprint density at radius 3 is 2.67 bits per heavy atom. The van der Waals surface area contributed by atoms with E-state index in [0.29, 0.717) is 11.3 Å². The number of carbonyl (C=O) groups excluding carboxylic acids is 1. The molecule has 1 saturated heterocycles. The molecule has 3 nitrogen and oxygen atoms in total. The molecular formula is C12H24N2O. The molecule has 1 heterocycles. The summed E-state index contributed by atoms with van der Waals surface area (Å²) in [6.45, 7) is 8.65. The Morgan fingerprint density at radius 1 is 1.47 bits per heavy atom. The van der Waals surface area contributed by atoms with E-state index in [1.807, 2.05) is 4.90 Å². The van der Waals surface area contributed by atoms with Crippen molar-refractivity contribution in [2.75, 3.05) is 20.1 Å². The lowest BCUT2D eigenvalue weighted by atomic mass is 9.81. The van der Waals surface area contributed by atoms with Gasteiger partial charge in [-0.3, -0.25) is 0 Å². The van der Waals surface area contributed by atoms with Crippen LogP contribution in [0.25, 0.3) is 0 Å². The molecule has 1 aliphatic heterocycles. The zero-order valence-corrected chi connectivity index (χ0v) is 10.5. The summed E-state index contributed by atoms with van der Waals surface area (Å²) in [5.74, 6) is 0.677. The van der Waals surface area contributed by atoms with Crippen LogP contribution < -0.4 is 5.32 Å². The van der Waals surface area contributed by atoms with E-state index in [-0.39, 0.29) is 6.03 Å². The molecule has 1 aliphatic rings. The highest BCUT2D eigenvalue weighted by atomic mass is 16.2. The maximum Gasteiger partial charge on any atom is 0.317 e. The van der Waals surface area contributed by atoms with Gasteiger partial charge in [0.1, 0.15) is 0 Å². The number of carbonyl (C=O) groups is 1. The standard InChI is InChI=1S/C12H24N2O/c1-12(2,3)8-10-6-5-7-14(9-10)11(15)13-4/h10H,5-9H2,1-4H3,(H,13,15). The van der Waals surface area contributed by atoms with Gasteiger partial charge < -0.3 is 10.2 Å². The zero-order valence-electron chi connectivity index (χ0n) is 10.5. The molecule has 2 amide bonds. The lowest BCUT2D eigenvalue weighted by molar-refractivity contribution is 0.147. The molecule has 0 aromatic heterocycles. The van der Waals surface area contributed by atoms with Crippen molar-refractivity contribution in [3.8, 4) is 0 Å². The zero-order chi connectivity index (χ0) is 11.5. The van der Waals surface area contributed by atoms with E-state index in [4.69, 9.17) is 0 Å². The number of rotatable bonds is 1. The fourth-order valence-corrected chi connectivity index (χ4v) is 2.44. The molecule has 0 aromatic carbocycles. The van der Waals surface area contributed by atoms with Crippen LogP contribution in [-0.4, -0.2) is 31.1 Å². The van der Waals surface area contributed by atoms with Crippen molar-refractivity contribution < 1.29 is 4.79 Å². The summed E-state index contributed by atoms with van der Waals surface area (Å²) in [7, 11) is 1.70. The van der Waals surface area contributed by atoms with Gasteiger partial charge in [-0.15, -0.1) is 0 Å². The summed E-state index contributed by atoms with van der Waals surface area (Å²) < 4.78 is 0. The average molecular weight is 212 g/mol. The Kier molecular flexibility index (Phi) is 4.00. The fourth-order valence-electron chi connectivity index (χ4n) is 2.44. The molecular weight excluding hydrogens is 188 g/mol. The summed E-state index contributed by atoms with van der Waals surface area (Å²) in [6.07, 6.45) is 3.62. The number of hydrogen-bond donors (Lipinski definition) is 1. The fraction of sp³-hybridized carbons (Fsp3) is 0.917. The highest BCUT2D eigenvalue weighted by molar-refractivity contribution is 5.73. The third kappa shape index (κ3) is 4.10. The van der Waals surface area contributed by atoms with E-state index in [1.165, 1.54) is 12.8 Å². The molecule has 0 bridgehead atoms. The highest BCUT2D eigenvalue weighted by Crippen LogP contribution is 2.29. The van der Waals surface area contributed by atoms with Gasteiger partial charge in [0.15, 0.2) is 0 Å². The van der Waals surface area contributed by atoms with Crippen LogP contribution in [0.2, 0.25) is 0 Å². The normalized spacial score (nSPS) is 22.7. The Balaban J connectivity index is 2.46. The molecule has 0 radical (unpaired) electrons. The van der Waals surface area contributed by atoms with Crippen molar-refractivity contribution in [3.63, 3.8) is 0 Å². The predicted octanol–water partition coefficient (Wildman–Crippen LogP) is 2.47. The van der Waals surface area contributed by atoms with Gasteiger partial charge in [-0.2, -0.15) is 0 Å². The minimum absolute atomic E-state index is 0.0774. The molecule has 0 spiro atoms. The van der Waals surface area contributed by atoms with Gasteiger partial charge in [-0.05, 0) is 30.6 Å². The first-order valence-electron chi connectivity index (χ1n) is 5.89. The summed E-state index contributed by atoms with van der Waals surface area (Å²) in [5, 5.41) is 2.71. The van der Waals surface area contributed by atoms with Crippen molar-refractivity contribution in [1.29, 1.82) is 0 Å². The largest absolute Gasteiger partial charge is 0.341 e. The molecule has 1 atom stereocenters. The van der Waals surface area contributed by atoms with Crippen LogP contribution in [0.4, 0.5) is 4.79 Å². The molecule has 0 aliphatic carbocycles. The van der Waals surface area contributed by atoms with Gasteiger partial charge in [0, 0.05) is 20.1 Å². The smallest absolute Gasteiger partial charge is 0.317 e.